The van der Waals surface area contributed by atoms with Gasteiger partial charge in [-0.2, -0.15) is 0 Å². The van der Waals surface area contributed by atoms with Gasteiger partial charge in [0.15, 0.2) is 11.6 Å². The smallest absolute Gasteiger partial charge is 0.251 e. The lowest BCUT2D eigenvalue weighted by atomic mass is 10.0. The van der Waals surface area contributed by atoms with Crippen molar-refractivity contribution in [1.29, 1.82) is 0 Å². The minimum Gasteiger partial charge on any atom is -0.489 e. The van der Waals surface area contributed by atoms with Crippen molar-refractivity contribution in [2.45, 2.75) is 19.3 Å². The Morgan fingerprint density at radius 2 is 1.76 bits per heavy atom. The van der Waals surface area contributed by atoms with Crippen molar-refractivity contribution in [2.24, 2.45) is 0 Å². The second-order valence-corrected chi connectivity index (χ2v) is 9.10. The average molecular weight is 499 g/mol. The van der Waals surface area contributed by atoms with Crippen LogP contribution in [0.25, 0.3) is 11.1 Å². The molecule has 0 saturated carbocycles. The van der Waals surface area contributed by atoms with E-state index in [0.29, 0.717) is 46.7 Å². The van der Waals surface area contributed by atoms with Gasteiger partial charge in [0.25, 0.3) is 5.91 Å². The van der Waals surface area contributed by atoms with Gasteiger partial charge >= 0.3 is 0 Å². The highest BCUT2D eigenvalue weighted by Gasteiger charge is 2.13. The summed E-state index contributed by atoms with van der Waals surface area (Å²) in [4.78, 5) is 19.1. The predicted octanol–water partition coefficient (Wildman–Crippen LogP) is 5.08. The van der Waals surface area contributed by atoms with Crippen LogP contribution in [0.15, 0.2) is 54.7 Å². The fourth-order valence-corrected chi connectivity index (χ4v) is 4.60. The summed E-state index contributed by atoms with van der Waals surface area (Å²) in [6.45, 7) is 4.16. The number of hydrogen-bond donors (Lipinski definition) is 2. The zero-order valence-corrected chi connectivity index (χ0v) is 20.4. The number of nitrogens with two attached hydrogens (primary N) is 1. The highest BCUT2D eigenvalue weighted by Crippen LogP contribution is 2.29. The number of likely N-dealkylation sites (tertiary alicyclic amines) is 1. The van der Waals surface area contributed by atoms with Crippen LogP contribution in [0.4, 0.5) is 5.82 Å². The number of aromatic nitrogens is 1. The summed E-state index contributed by atoms with van der Waals surface area (Å²) in [5.74, 6) is 0.732. The lowest BCUT2D eigenvalue weighted by Gasteiger charge is -2.14. The minimum atomic E-state index is -0.0663. The van der Waals surface area contributed by atoms with E-state index in [-0.39, 0.29) is 5.91 Å². The number of nitrogen functional groups attached to an aromatic ring is 1. The molecule has 3 aromatic rings. The summed E-state index contributed by atoms with van der Waals surface area (Å²) in [6.07, 6.45) is 4.73. The maximum absolute atomic E-state index is 12.5. The third-order valence-corrected chi connectivity index (χ3v) is 6.65. The van der Waals surface area contributed by atoms with E-state index in [1.807, 2.05) is 36.4 Å². The number of amides is 1. The van der Waals surface area contributed by atoms with Gasteiger partial charge in [-0.1, -0.05) is 41.4 Å². The summed E-state index contributed by atoms with van der Waals surface area (Å²) in [5, 5.41) is 4.21. The van der Waals surface area contributed by atoms with Crippen LogP contribution >= 0.6 is 23.2 Å². The number of nitrogens with one attached hydrogen (secondary N) is 1. The van der Waals surface area contributed by atoms with Gasteiger partial charge in [0.2, 0.25) is 0 Å². The van der Waals surface area contributed by atoms with Crippen molar-refractivity contribution in [1.82, 2.24) is 15.2 Å². The Morgan fingerprint density at radius 1 is 1.06 bits per heavy atom. The molecule has 1 aliphatic rings. The number of hydrogen-bond acceptors (Lipinski definition) is 5. The molecule has 2 heterocycles. The monoisotopic (exact) mass is 498 g/mol. The molecule has 178 valence electrons. The standard InChI is InChI=1S/C26H28Cl2N4O2/c27-22-4-3-5-23(28)21(22)10-15-34-24-16-20(17-31-25(24)29)18-6-8-19(9-7-18)26(33)30-11-14-32-12-1-2-13-32/h3-9,16-17H,1-2,10-15H2,(H2,29,31)(H,30,33). The molecular weight excluding hydrogens is 471 g/mol. The Hall–Kier alpha value is -2.80. The largest absolute Gasteiger partial charge is 0.489 e. The van der Waals surface area contributed by atoms with Crippen molar-refractivity contribution in [2.75, 3.05) is 38.5 Å². The first-order chi connectivity index (χ1) is 16.5. The second-order valence-electron chi connectivity index (χ2n) is 8.29. The number of anilines is 1. The zero-order chi connectivity index (χ0) is 23.9. The number of pyridine rings is 1. The molecule has 8 heteroatoms. The second kappa shape index (κ2) is 11.6. The van der Waals surface area contributed by atoms with Gasteiger partial charge in [0, 0.05) is 46.9 Å². The summed E-state index contributed by atoms with van der Waals surface area (Å²) >= 11 is 12.5. The predicted molar refractivity (Wildman–Crippen MR) is 138 cm³/mol. The lowest BCUT2D eigenvalue weighted by Crippen LogP contribution is -2.33. The Balaban J connectivity index is 1.35. The third-order valence-electron chi connectivity index (χ3n) is 5.95. The summed E-state index contributed by atoms with van der Waals surface area (Å²) in [7, 11) is 0. The Kier molecular flexibility index (Phi) is 8.27. The summed E-state index contributed by atoms with van der Waals surface area (Å²) in [5.41, 5.74) is 9.25. The minimum absolute atomic E-state index is 0.0663. The van der Waals surface area contributed by atoms with Crippen molar-refractivity contribution < 1.29 is 9.53 Å². The van der Waals surface area contributed by atoms with E-state index in [9.17, 15) is 4.79 Å². The van der Waals surface area contributed by atoms with Gasteiger partial charge in [0.1, 0.15) is 0 Å². The van der Waals surface area contributed by atoms with Gasteiger partial charge < -0.3 is 20.7 Å². The topological polar surface area (TPSA) is 80.5 Å². The highest BCUT2D eigenvalue weighted by molar-refractivity contribution is 6.36. The molecule has 1 amide bonds. The van der Waals surface area contributed by atoms with Crippen LogP contribution in [0.1, 0.15) is 28.8 Å². The molecule has 34 heavy (non-hydrogen) atoms. The fourth-order valence-electron chi connectivity index (χ4n) is 4.01. The van der Waals surface area contributed by atoms with Crippen molar-refractivity contribution in [3.63, 3.8) is 0 Å². The highest BCUT2D eigenvalue weighted by atomic mass is 35.5. The molecule has 0 unspecified atom stereocenters. The van der Waals surface area contributed by atoms with Gasteiger partial charge in [0.05, 0.1) is 6.61 Å². The summed E-state index contributed by atoms with van der Waals surface area (Å²) in [6, 6.07) is 14.7. The molecule has 4 rings (SSSR count). The first kappa shape index (κ1) is 24.3. The van der Waals surface area contributed by atoms with E-state index in [1.165, 1.54) is 12.8 Å². The molecule has 0 aliphatic carbocycles. The van der Waals surface area contributed by atoms with Crippen molar-refractivity contribution >= 4 is 34.9 Å². The first-order valence-corrected chi connectivity index (χ1v) is 12.2. The van der Waals surface area contributed by atoms with Crippen LogP contribution in [0, 0.1) is 0 Å². The third kappa shape index (κ3) is 6.20. The average Bonchev–Trinajstić information content (AvgIpc) is 3.36. The fraction of sp³-hybridized carbons (Fsp3) is 0.308. The van der Waals surface area contributed by atoms with Crippen molar-refractivity contribution in [3.8, 4) is 16.9 Å². The van der Waals surface area contributed by atoms with Crippen LogP contribution in [0.2, 0.25) is 10.0 Å². The number of nitrogens with zero attached hydrogens (tertiary/aromatic N) is 2. The van der Waals surface area contributed by atoms with Crippen LogP contribution in [-0.4, -0.2) is 48.6 Å². The number of ether oxygens (including phenoxy) is 1. The molecule has 0 bridgehead atoms. The van der Waals surface area contributed by atoms with Gasteiger partial charge in [-0.25, -0.2) is 4.98 Å². The molecule has 0 spiro atoms. The molecule has 6 nitrogen and oxygen atoms in total. The van der Waals surface area contributed by atoms with E-state index in [1.54, 1.807) is 18.3 Å². The van der Waals surface area contributed by atoms with E-state index in [0.717, 1.165) is 36.3 Å². The molecule has 0 radical (unpaired) electrons. The number of benzene rings is 2. The molecule has 0 atom stereocenters. The summed E-state index contributed by atoms with van der Waals surface area (Å²) < 4.78 is 5.89. The number of halogens is 2. The number of rotatable bonds is 9. The van der Waals surface area contributed by atoms with E-state index < -0.39 is 0 Å². The Morgan fingerprint density at radius 3 is 2.47 bits per heavy atom. The molecule has 1 aromatic heterocycles. The van der Waals surface area contributed by atoms with E-state index in [4.69, 9.17) is 33.7 Å². The molecule has 1 fully saturated rings. The van der Waals surface area contributed by atoms with E-state index in [2.05, 4.69) is 15.2 Å². The van der Waals surface area contributed by atoms with Gasteiger partial charge in [-0.05, 0) is 67.4 Å². The van der Waals surface area contributed by atoms with Crippen LogP contribution < -0.4 is 15.8 Å². The van der Waals surface area contributed by atoms with E-state index >= 15 is 0 Å². The molecule has 1 saturated heterocycles. The normalized spacial score (nSPS) is 13.7. The van der Waals surface area contributed by atoms with Gasteiger partial charge in [-0.3, -0.25) is 4.79 Å². The maximum Gasteiger partial charge on any atom is 0.251 e. The molecule has 3 N–H and O–H groups in total. The lowest BCUT2D eigenvalue weighted by molar-refractivity contribution is 0.0950. The van der Waals surface area contributed by atoms with Crippen LogP contribution in [-0.2, 0) is 6.42 Å². The number of carbonyl (C=O) groups excluding carboxylic acids is 1. The number of carbonyl (C=O) groups is 1. The first-order valence-electron chi connectivity index (χ1n) is 11.4. The quantitative estimate of drug-likeness (QED) is 0.429. The van der Waals surface area contributed by atoms with Crippen LogP contribution in [0.3, 0.4) is 0 Å². The molecule has 1 aliphatic heterocycles. The van der Waals surface area contributed by atoms with Crippen LogP contribution in [0.5, 0.6) is 5.75 Å². The maximum atomic E-state index is 12.5. The Bertz CT molecular complexity index is 1110. The zero-order valence-electron chi connectivity index (χ0n) is 18.9. The SMILES string of the molecule is Nc1ncc(-c2ccc(C(=O)NCCN3CCCC3)cc2)cc1OCCc1c(Cl)cccc1Cl. The van der Waals surface area contributed by atoms with Crippen molar-refractivity contribution in [3.05, 3.63) is 75.9 Å². The molecule has 2 aromatic carbocycles. The Labute approximate surface area is 210 Å². The van der Waals surface area contributed by atoms with Gasteiger partial charge in [-0.15, -0.1) is 0 Å². The molecular formula is C26H28Cl2N4O2.